The highest BCUT2D eigenvalue weighted by molar-refractivity contribution is 9.09. The van der Waals surface area contributed by atoms with Gasteiger partial charge in [-0.25, -0.2) is 4.39 Å². The summed E-state index contributed by atoms with van der Waals surface area (Å²) in [4.78, 5) is 66.2. The van der Waals surface area contributed by atoms with Crippen LogP contribution in [-0.4, -0.2) is 54.6 Å². The molecule has 2 heterocycles. The second-order valence-electron chi connectivity index (χ2n) is 11.9. The fourth-order valence-corrected chi connectivity index (χ4v) is 9.05. The number of para-hydroxylation sites is 1. The van der Waals surface area contributed by atoms with Crippen LogP contribution < -0.4 is 4.90 Å². The molecule has 8 nitrogen and oxygen atoms in total. The number of carbonyl (C=O) groups excluding carboxylic acids is 5. The van der Waals surface area contributed by atoms with Crippen LogP contribution in [0.15, 0.2) is 84.4 Å². The number of likely N-dealkylation sites (tertiary alicyclic amines) is 1. The van der Waals surface area contributed by atoms with Crippen LogP contribution in [0.5, 0.6) is 5.75 Å². The summed E-state index contributed by atoms with van der Waals surface area (Å²) in [6, 6.07) is 18.7. The smallest absolute Gasteiger partial charge is 0.254 e. The van der Waals surface area contributed by atoms with Crippen LogP contribution in [0.25, 0.3) is 0 Å². The maximum absolute atomic E-state index is 14.7. The average Bonchev–Trinajstić information content (AvgIpc) is 3.40. The van der Waals surface area contributed by atoms with Crippen LogP contribution in [0, 0.1) is 23.6 Å². The van der Waals surface area contributed by atoms with E-state index in [-0.39, 0.29) is 35.3 Å². The highest BCUT2D eigenvalue weighted by Crippen LogP contribution is 2.66. The van der Waals surface area contributed by atoms with Gasteiger partial charge in [-0.3, -0.25) is 33.8 Å². The van der Waals surface area contributed by atoms with E-state index in [0.717, 1.165) is 15.9 Å². The van der Waals surface area contributed by atoms with Gasteiger partial charge in [0.25, 0.3) is 11.8 Å². The third-order valence-corrected chi connectivity index (χ3v) is 11.7. The number of phenolic OH excluding ortho intramolecular Hbond substituents is 1. The van der Waals surface area contributed by atoms with E-state index in [1.54, 1.807) is 48.5 Å². The molecule has 2 aliphatic carbocycles. The number of anilines is 1. The number of phenols is 1. The van der Waals surface area contributed by atoms with Crippen molar-refractivity contribution in [1.82, 2.24) is 4.90 Å². The number of fused-ring (bicyclic) bond motifs is 4. The second-order valence-corrected chi connectivity index (χ2v) is 13.7. The number of carbonyl (C=O) groups is 5. The molecule has 46 heavy (non-hydrogen) atoms. The van der Waals surface area contributed by atoms with Gasteiger partial charge in [0.1, 0.15) is 0 Å². The average molecular weight is 726 g/mol. The van der Waals surface area contributed by atoms with E-state index < -0.39 is 68.6 Å². The molecule has 4 aliphatic rings. The molecule has 1 saturated carbocycles. The van der Waals surface area contributed by atoms with Gasteiger partial charge >= 0.3 is 0 Å². The fraction of sp³-hybridized carbons (Fsp3) is 0.265. The number of nitrogens with zero attached hydrogens (tertiary/aromatic N) is 2. The summed E-state index contributed by atoms with van der Waals surface area (Å²) in [7, 11) is 0. The Kier molecular flexibility index (Phi) is 7.26. The summed E-state index contributed by atoms with van der Waals surface area (Å²) < 4.78 is 14.7. The molecule has 0 spiro atoms. The third-order valence-electron chi connectivity index (χ3n) is 9.77. The lowest BCUT2D eigenvalue weighted by atomic mass is 9.56. The van der Waals surface area contributed by atoms with Gasteiger partial charge in [0.2, 0.25) is 11.8 Å². The third kappa shape index (κ3) is 4.06. The van der Waals surface area contributed by atoms with Crippen molar-refractivity contribution in [3.8, 4) is 5.75 Å². The first-order chi connectivity index (χ1) is 22.0. The van der Waals surface area contributed by atoms with E-state index in [9.17, 15) is 33.5 Å². The lowest BCUT2D eigenvalue weighted by molar-refractivity contribution is -0.138. The van der Waals surface area contributed by atoms with Crippen molar-refractivity contribution in [1.29, 1.82) is 0 Å². The molecule has 0 aromatic heterocycles. The summed E-state index contributed by atoms with van der Waals surface area (Å²) in [5.41, 5.74) is 1.31. The van der Waals surface area contributed by atoms with Crippen LogP contribution in [-0.2, 0) is 19.2 Å². The first-order valence-corrected chi connectivity index (χ1v) is 16.4. The molecule has 12 heteroatoms. The van der Waals surface area contributed by atoms with Crippen molar-refractivity contribution in [2.45, 2.75) is 28.5 Å². The molecule has 7 rings (SSSR count). The van der Waals surface area contributed by atoms with E-state index in [4.69, 9.17) is 23.2 Å². The predicted octanol–water partition coefficient (Wildman–Crippen LogP) is 5.68. The normalized spacial score (nSPS) is 30.2. The first kappa shape index (κ1) is 30.8. The minimum absolute atomic E-state index is 0.0562. The maximum atomic E-state index is 14.7. The van der Waals surface area contributed by atoms with Gasteiger partial charge in [-0.15, -0.1) is 23.2 Å². The molecular formula is C34H24BrCl2FN2O6. The molecule has 234 valence electrons. The second kappa shape index (κ2) is 10.9. The van der Waals surface area contributed by atoms with E-state index in [0.29, 0.717) is 16.7 Å². The lowest BCUT2D eigenvalue weighted by Gasteiger charge is -2.50. The molecule has 3 aromatic rings. The Bertz CT molecular complexity index is 1890. The van der Waals surface area contributed by atoms with Crippen molar-refractivity contribution in [2.24, 2.45) is 17.8 Å². The number of hydrogen-bond donors (Lipinski definition) is 1. The summed E-state index contributed by atoms with van der Waals surface area (Å²) in [6.45, 7) is 0. The van der Waals surface area contributed by atoms with Crippen LogP contribution in [0.2, 0.25) is 0 Å². The van der Waals surface area contributed by atoms with E-state index in [2.05, 4.69) is 15.9 Å². The number of amides is 4. The Hall–Kier alpha value is -3.86. The van der Waals surface area contributed by atoms with Gasteiger partial charge in [-0.2, -0.15) is 0 Å². The number of hydrogen-bond acceptors (Lipinski definition) is 6. The highest BCUT2D eigenvalue weighted by Gasteiger charge is 2.76. The van der Waals surface area contributed by atoms with Gasteiger partial charge in [-0.1, -0.05) is 70.0 Å². The molecular weight excluding hydrogens is 702 g/mol. The largest absolute Gasteiger partial charge is 0.505 e. The van der Waals surface area contributed by atoms with Crippen molar-refractivity contribution in [3.05, 3.63) is 107 Å². The Morgan fingerprint density at radius 1 is 0.891 bits per heavy atom. The van der Waals surface area contributed by atoms with E-state index in [1.165, 1.54) is 24.3 Å². The monoisotopic (exact) mass is 724 g/mol. The number of imide groups is 2. The minimum atomic E-state index is -2.16. The van der Waals surface area contributed by atoms with Crippen LogP contribution in [0.1, 0.15) is 40.2 Å². The summed E-state index contributed by atoms with van der Waals surface area (Å²) in [6.07, 6.45) is 1.55. The van der Waals surface area contributed by atoms with E-state index >= 15 is 0 Å². The number of alkyl halides is 3. The highest BCUT2D eigenvalue weighted by atomic mass is 79.9. The van der Waals surface area contributed by atoms with Crippen LogP contribution in [0.4, 0.5) is 10.1 Å². The van der Waals surface area contributed by atoms with E-state index in [1.807, 2.05) is 0 Å². The Morgan fingerprint density at radius 3 is 2.24 bits per heavy atom. The number of aromatic hydroxyl groups is 1. The Balaban J connectivity index is 1.29. The quantitative estimate of drug-likeness (QED) is 0.119. The molecule has 4 amide bonds. The van der Waals surface area contributed by atoms with Crippen molar-refractivity contribution < 1.29 is 33.5 Å². The molecule has 3 fully saturated rings. The van der Waals surface area contributed by atoms with Gasteiger partial charge in [0.05, 0.1) is 23.0 Å². The fourth-order valence-electron chi connectivity index (χ4n) is 7.64. The minimum Gasteiger partial charge on any atom is -0.505 e. The topological polar surface area (TPSA) is 112 Å². The number of allylic oxidation sites excluding steroid dienone is 2. The number of benzene rings is 3. The van der Waals surface area contributed by atoms with Gasteiger partial charge < -0.3 is 5.11 Å². The van der Waals surface area contributed by atoms with Gasteiger partial charge in [0, 0.05) is 22.6 Å². The summed E-state index contributed by atoms with van der Waals surface area (Å²) >= 11 is 17.4. The van der Waals surface area contributed by atoms with Crippen molar-refractivity contribution in [2.75, 3.05) is 10.4 Å². The molecule has 6 atom stereocenters. The summed E-state index contributed by atoms with van der Waals surface area (Å²) in [5, 5.41) is 10.9. The van der Waals surface area contributed by atoms with Crippen LogP contribution >= 0.6 is 39.1 Å². The van der Waals surface area contributed by atoms with Crippen LogP contribution in [0.3, 0.4) is 0 Å². The SMILES string of the molecule is O=C(c1ccccc1)c1ccc(N2C(=O)[C@H]3[C@H](CC=C4[C@H]3C[C@@]3(Cl)C(=O)N(CBr)C(=O)[C@@]3(Cl)[C@H]4c3cccc(F)c3O)C2=O)cc1. The maximum Gasteiger partial charge on any atom is 0.254 e. The molecule has 1 N–H and O–H groups in total. The van der Waals surface area contributed by atoms with Gasteiger partial charge in [-0.05, 0) is 49.1 Å². The number of rotatable bonds is 5. The lowest BCUT2D eigenvalue weighted by Crippen LogP contribution is -2.60. The zero-order chi connectivity index (χ0) is 32.7. The number of ketones is 1. The Morgan fingerprint density at radius 2 is 1.57 bits per heavy atom. The first-order valence-electron chi connectivity index (χ1n) is 14.5. The molecule has 2 aliphatic heterocycles. The van der Waals surface area contributed by atoms with Crippen molar-refractivity contribution >= 4 is 74.2 Å². The predicted molar refractivity (Wildman–Crippen MR) is 170 cm³/mol. The number of halogens is 4. The van der Waals surface area contributed by atoms with Gasteiger partial charge in [0.15, 0.2) is 27.1 Å². The summed E-state index contributed by atoms with van der Waals surface area (Å²) in [5.74, 6) is -8.46. The Labute approximate surface area is 280 Å². The molecule has 2 saturated heterocycles. The standard InChI is InChI=1S/C34H24BrCl2FN2O6/c35-16-39-31(45)33(36)15-23-20(26(34(33,37)32(39)46)22-7-4-8-24(38)28(22)42)13-14-21-25(23)30(44)40(29(21)43)19-11-9-18(10-12-19)27(41)17-5-2-1-3-6-17/h1-13,21,23,25-26,42H,14-16H2/t21-,23+,25-,26+,33+,34-/m0/s1. The molecule has 3 aromatic carbocycles. The molecule has 0 radical (unpaired) electrons. The zero-order valence-electron chi connectivity index (χ0n) is 23.8. The zero-order valence-corrected chi connectivity index (χ0v) is 26.9. The molecule has 0 bridgehead atoms. The van der Waals surface area contributed by atoms with Crippen molar-refractivity contribution in [3.63, 3.8) is 0 Å². The molecule has 0 unspecified atom stereocenters.